The van der Waals surface area contributed by atoms with Gasteiger partial charge in [-0.15, -0.1) is 0 Å². The first-order chi connectivity index (χ1) is 14.4. The SMILES string of the molecule is OC[C@H]1O[C@@H](Oc2cc(O)c3ccc(-c4ccc(O)cc4)[o+]c3c2)[C@@H](O)[C@@H](O)[C@@H]1O. The van der Waals surface area contributed by atoms with E-state index < -0.39 is 37.3 Å². The van der Waals surface area contributed by atoms with Crippen molar-refractivity contribution < 1.29 is 44.5 Å². The summed E-state index contributed by atoms with van der Waals surface area (Å²) in [6.45, 7) is -0.584. The molecule has 0 saturated carbocycles. The Kier molecular flexibility index (Phi) is 5.46. The van der Waals surface area contributed by atoms with Gasteiger partial charge in [-0.1, -0.05) is 0 Å². The van der Waals surface area contributed by atoms with Gasteiger partial charge in [0.25, 0.3) is 0 Å². The Morgan fingerprint density at radius 1 is 0.900 bits per heavy atom. The summed E-state index contributed by atoms with van der Waals surface area (Å²) in [4.78, 5) is 0. The second-order valence-electron chi connectivity index (χ2n) is 7.02. The van der Waals surface area contributed by atoms with Crippen LogP contribution in [0.25, 0.3) is 22.3 Å². The van der Waals surface area contributed by atoms with Crippen molar-refractivity contribution in [3.63, 3.8) is 0 Å². The van der Waals surface area contributed by atoms with Crippen LogP contribution in [0.15, 0.2) is 52.9 Å². The molecule has 30 heavy (non-hydrogen) atoms. The molecule has 0 amide bonds. The number of aliphatic hydroxyl groups excluding tert-OH is 4. The molecule has 2 aromatic carbocycles. The van der Waals surface area contributed by atoms with Crippen LogP contribution < -0.4 is 4.74 Å². The van der Waals surface area contributed by atoms with Gasteiger partial charge in [0, 0.05) is 12.1 Å². The standard InChI is InChI=1S/C21H20O9/c22-9-17-18(25)19(26)20(27)21(30-17)28-12-7-14(24)13-5-6-15(29-16(13)8-12)10-1-3-11(23)4-2-10/h1-8,17-22,25-27H,9H2,(H-,23,24)/p+1/t17-,18-,19+,20+,21-/m1/s1. The van der Waals surface area contributed by atoms with E-state index in [2.05, 4.69) is 0 Å². The summed E-state index contributed by atoms with van der Waals surface area (Å²) in [5, 5.41) is 59.4. The number of phenols is 2. The first-order valence-electron chi connectivity index (χ1n) is 9.24. The number of fused-ring (bicyclic) bond motifs is 1. The maximum Gasteiger partial charge on any atom is 0.368 e. The molecule has 1 aliphatic heterocycles. The van der Waals surface area contributed by atoms with Crippen LogP contribution in [0.4, 0.5) is 0 Å². The van der Waals surface area contributed by atoms with Crippen LogP contribution in [0, 0.1) is 0 Å². The second-order valence-corrected chi connectivity index (χ2v) is 7.02. The third-order valence-electron chi connectivity index (χ3n) is 4.97. The molecule has 9 heteroatoms. The van der Waals surface area contributed by atoms with Crippen LogP contribution in [0.2, 0.25) is 0 Å². The average Bonchev–Trinajstić information content (AvgIpc) is 2.74. The number of hydrogen-bond donors (Lipinski definition) is 6. The Morgan fingerprint density at radius 2 is 1.63 bits per heavy atom. The number of hydrogen-bond acceptors (Lipinski definition) is 8. The number of phenolic OH excluding ortho intramolecular Hbond substituents is 2. The molecule has 0 unspecified atom stereocenters. The third-order valence-corrected chi connectivity index (χ3v) is 4.97. The second kappa shape index (κ2) is 8.05. The van der Waals surface area contributed by atoms with E-state index in [9.17, 15) is 30.6 Å². The van der Waals surface area contributed by atoms with Crippen LogP contribution >= 0.6 is 0 Å². The van der Waals surface area contributed by atoms with Gasteiger partial charge in [0.2, 0.25) is 6.29 Å². The largest absolute Gasteiger partial charge is 0.508 e. The van der Waals surface area contributed by atoms with Gasteiger partial charge in [-0.2, -0.15) is 0 Å². The van der Waals surface area contributed by atoms with E-state index in [0.29, 0.717) is 16.7 Å². The van der Waals surface area contributed by atoms with Crippen molar-refractivity contribution in [2.75, 3.05) is 6.61 Å². The zero-order chi connectivity index (χ0) is 21.4. The van der Waals surface area contributed by atoms with Crippen molar-refractivity contribution in [2.45, 2.75) is 30.7 Å². The Morgan fingerprint density at radius 3 is 2.33 bits per heavy atom. The molecule has 0 bridgehead atoms. The molecular weight excluding hydrogens is 396 g/mol. The van der Waals surface area contributed by atoms with E-state index in [1.54, 1.807) is 24.3 Å². The predicted molar refractivity (Wildman–Crippen MR) is 104 cm³/mol. The lowest BCUT2D eigenvalue weighted by Crippen LogP contribution is -2.60. The third kappa shape index (κ3) is 3.76. The van der Waals surface area contributed by atoms with Crippen molar-refractivity contribution in [3.8, 4) is 28.6 Å². The maximum atomic E-state index is 10.3. The van der Waals surface area contributed by atoms with Crippen LogP contribution in [-0.2, 0) is 4.74 Å². The minimum absolute atomic E-state index is 0.0796. The van der Waals surface area contributed by atoms with E-state index in [1.807, 2.05) is 0 Å². The molecule has 2 heterocycles. The zero-order valence-corrected chi connectivity index (χ0v) is 15.6. The number of ether oxygens (including phenoxy) is 2. The van der Waals surface area contributed by atoms with Crippen molar-refractivity contribution in [2.24, 2.45) is 0 Å². The molecule has 6 N–H and O–H groups in total. The Hall–Kier alpha value is -2.95. The fourth-order valence-electron chi connectivity index (χ4n) is 3.30. The predicted octanol–water partition coefficient (Wildman–Crippen LogP) is 0.971. The lowest BCUT2D eigenvalue weighted by Gasteiger charge is -2.39. The molecule has 1 aromatic heterocycles. The highest BCUT2D eigenvalue weighted by Gasteiger charge is 2.44. The molecular formula is C21H21O9+. The highest BCUT2D eigenvalue weighted by molar-refractivity contribution is 5.86. The fourth-order valence-corrected chi connectivity index (χ4v) is 3.30. The summed E-state index contributed by atoms with van der Waals surface area (Å²) >= 11 is 0. The van der Waals surface area contributed by atoms with Crippen molar-refractivity contribution >= 4 is 11.0 Å². The fraction of sp³-hybridized carbons (Fsp3) is 0.286. The molecule has 0 spiro atoms. The van der Waals surface area contributed by atoms with Crippen LogP contribution in [0.1, 0.15) is 0 Å². The van der Waals surface area contributed by atoms with Crippen LogP contribution in [-0.4, -0.2) is 68.0 Å². The van der Waals surface area contributed by atoms with Crippen molar-refractivity contribution in [1.82, 2.24) is 0 Å². The topological polar surface area (TPSA) is 151 Å². The highest BCUT2D eigenvalue weighted by Crippen LogP contribution is 2.35. The minimum Gasteiger partial charge on any atom is -0.508 e. The molecule has 1 aliphatic rings. The highest BCUT2D eigenvalue weighted by atomic mass is 16.7. The number of benzene rings is 2. The molecule has 0 aliphatic carbocycles. The smallest absolute Gasteiger partial charge is 0.368 e. The van der Waals surface area contributed by atoms with E-state index in [0.717, 1.165) is 0 Å². The van der Waals surface area contributed by atoms with Crippen molar-refractivity contribution in [3.05, 3.63) is 48.5 Å². The van der Waals surface area contributed by atoms with E-state index in [1.165, 1.54) is 24.3 Å². The van der Waals surface area contributed by atoms with E-state index in [4.69, 9.17) is 13.9 Å². The van der Waals surface area contributed by atoms with Gasteiger partial charge in [-0.05, 0) is 30.3 Å². The van der Waals surface area contributed by atoms with Crippen molar-refractivity contribution in [1.29, 1.82) is 0 Å². The summed E-state index contributed by atoms with van der Waals surface area (Å²) in [6.07, 6.45) is -7.18. The number of aromatic hydroxyl groups is 2. The molecule has 0 radical (unpaired) electrons. The molecule has 5 atom stereocenters. The molecule has 1 saturated heterocycles. The monoisotopic (exact) mass is 417 g/mol. The van der Waals surface area contributed by atoms with Gasteiger partial charge in [0.05, 0.1) is 18.2 Å². The van der Waals surface area contributed by atoms with Gasteiger partial charge < -0.3 is 40.1 Å². The first kappa shape index (κ1) is 20.3. The summed E-state index contributed by atoms with van der Waals surface area (Å²) in [6, 6.07) is 12.5. The van der Waals surface area contributed by atoms with Crippen LogP contribution in [0.5, 0.6) is 17.2 Å². The average molecular weight is 417 g/mol. The Balaban J connectivity index is 1.65. The van der Waals surface area contributed by atoms with Gasteiger partial charge in [-0.25, -0.2) is 4.42 Å². The molecule has 9 nitrogen and oxygen atoms in total. The first-order valence-corrected chi connectivity index (χ1v) is 9.24. The molecule has 3 aromatic rings. The van der Waals surface area contributed by atoms with Gasteiger partial charge in [-0.3, -0.25) is 0 Å². The maximum absolute atomic E-state index is 10.3. The number of aliphatic hydroxyl groups is 4. The zero-order valence-electron chi connectivity index (χ0n) is 15.6. The minimum atomic E-state index is -1.58. The molecule has 4 rings (SSSR count). The van der Waals surface area contributed by atoms with E-state index in [-0.39, 0.29) is 22.8 Å². The summed E-state index contributed by atoms with van der Waals surface area (Å²) in [5.41, 5.74) is 0.981. The summed E-state index contributed by atoms with van der Waals surface area (Å²) in [5.74, 6) is 0.531. The van der Waals surface area contributed by atoms with Gasteiger partial charge in [0.15, 0.2) is 0 Å². The molecule has 158 valence electrons. The Bertz CT molecular complexity index is 1030. The van der Waals surface area contributed by atoms with Gasteiger partial charge >= 0.3 is 11.3 Å². The normalized spacial score (nSPS) is 26.6. The summed E-state index contributed by atoms with van der Waals surface area (Å²) < 4.78 is 16.7. The van der Waals surface area contributed by atoms with E-state index >= 15 is 0 Å². The Labute approximate surface area is 170 Å². The summed E-state index contributed by atoms with van der Waals surface area (Å²) in [7, 11) is 0. The molecule has 1 fully saturated rings. The van der Waals surface area contributed by atoms with Crippen LogP contribution in [0.3, 0.4) is 0 Å². The quantitative estimate of drug-likeness (QED) is 0.341. The lowest BCUT2D eigenvalue weighted by atomic mass is 9.99. The lowest BCUT2D eigenvalue weighted by molar-refractivity contribution is -0.277. The van der Waals surface area contributed by atoms with Gasteiger partial charge in [0.1, 0.15) is 47.1 Å². The number of rotatable bonds is 4.